The van der Waals surface area contributed by atoms with Crippen molar-refractivity contribution >= 4 is 64.0 Å². The Morgan fingerprint density at radius 3 is 1.36 bits per heavy atom. The minimum atomic E-state index is -1.01. The van der Waals surface area contributed by atoms with Crippen molar-refractivity contribution in [2.75, 3.05) is 74.8 Å². The molecule has 3 aromatic rings. The van der Waals surface area contributed by atoms with Crippen LogP contribution in [0, 0.1) is 0 Å². The zero-order valence-electron chi connectivity index (χ0n) is 44.2. The molecule has 0 radical (unpaired) electrons. The van der Waals surface area contributed by atoms with Crippen molar-refractivity contribution in [3.8, 4) is 0 Å². The molecule has 0 aromatic heterocycles. The Morgan fingerprint density at radius 2 is 0.946 bits per heavy atom. The number of ketones is 3. The number of ether oxygens (including phenoxy) is 3. The largest absolute Gasteiger partial charge is 0.397 e. The van der Waals surface area contributed by atoms with Gasteiger partial charge in [-0.05, 0) is 141 Å². The molecule has 0 aliphatic rings. The number of carbonyl (C=O) groups is 7. The molecule has 0 aliphatic heterocycles. The number of rotatable bonds is 34. The van der Waals surface area contributed by atoms with E-state index in [1.807, 2.05) is 6.92 Å². The lowest BCUT2D eigenvalue weighted by Gasteiger charge is -2.35. The highest BCUT2D eigenvalue weighted by Crippen LogP contribution is 2.32. The predicted octanol–water partition coefficient (Wildman–Crippen LogP) is 7.41. The van der Waals surface area contributed by atoms with Gasteiger partial charge in [-0.15, -0.1) is 0 Å². The highest BCUT2D eigenvalue weighted by molar-refractivity contribution is 6.00. The van der Waals surface area contributed by atoms with E-state index in [4.69, 9.17) is 31.2 Å². The number of nitrogens with two attached hydrogens (primary N) is 2. The van der Waals surface area contributed by atoms with Crippen molar-refractivity contribution in [1.82, 2.24) is 21.3 Å². The average Bonchev–Trinajstić information content (AvgIpc) is 3.37. The Hall–Kier alpha value is -7.06. The molecule has 404 valence electrons. The molecule has 6 amide bonds. The van der Waals surface area contributed by atoms with Crippen LogP contribution in [0.4, 0.5) is 32.3 Å². The van der Waals surface area contributed by atoms with Crippen LogP contribution >= 0.6 is 0 Å². The number of hydrogen-bond donors (Lipinski definition) is 8. The molecule has 0 saturated heterocycles. The molecule has 0 atom stereocenters. The maximum absolute atomic E-state index is 13.9. The number of nitrogen functional groups attached to an aromatic ring is 2. The lowest BCUT2D eigenvalue weighted by molar-refractivity contribution is -0.117. The Balaban J connectivity index is 1.72. The van der Waals surface area contributed by atoms with Crippen molar-refractivity contribution in [3.05, 3.63) is 91.3 Å². The van der Waals surface area contributed by atoms with Crippen LogP contribution in [0.5, 0.6) is 0 Å². The Bertz CT molecular complexity index is 2430. The molecule has 0 unspecified atom stereocenters. The lowest BCUT2D eigenvalue weighted by Crippen LogP contribution is -2.49. The third-order valence-electron chi connectivity index (χ3n) is 12.5. The van der Waals surface area contributed by atoms with Gasteiger partial charge in [0.2, 0.25) is 0 Å². The first kappa shape index (κ1) is 61.2. The fourth-order valence-electron chi connectivity index (χ4n) is 8.66. The van der Waals surface area contributed by atoms with E-state index in [0.717, 1.165) is 33.4 Å². The summed E-state index contributed by atoms with van der Waals surface area (Å²) in [4.78, 5) is 93.0. The van der Waals surface area contributed by atoms with E-state index in [-0.39, 0.29) is 128 Å². The molecular weight excluding hydrogens is 951 g/mol. The number of azide groups is 1. The number of urea groups is 2. The first-order valence-corrected chi connectivity index (χ1v) is 25.3. The maximum Gasteiger partial charge on any atom is 0.319 e. The van der Waals surface area contributed by atoms with Crippen LogP contribution < -0.4 is 43.4 Å². The molecule has 0 heterocycles. The van der Waals surface area contributed by atoms with Gasteiger partial charge in [0, 0.05) is 67.0 Å². The zero-order chi connectivity index (χ0) is 54.6. The van der Waals surface area contributed by atoms with Crippen LogP contribution in [0.2, 0.25) is 0 Å². The minimum Gasteiger partial charge on any atom is -0.397 e. The molecule has 21 nitrogen and oxygen atoms in total. The van der Waals surface area contributed by atoms with Crippen molar-refractivity contribution in [1.29, 1.82) is 0 Å². The Kier molecular flexibility index (Phi) is 26.6. The van der Waals surface area contributed by atoms with Gasteiger partial charge in [0.05, 0.1) is 62.4 Å². The summed E-state index contributed by atoms with van der Waals surface area (Å²) in [5.74, 6) is -1.16. The number of amides is 6. The molecule has 3 rings (SSSR count). The predicted molar refractivity (Wildman–Crippen MR) is 286 cm³/mol. The number of nitrogens with one attached hydrogen (secondary N) is 6. The Labute approximate surface area is 434 Å². The van der Waals surface area contributed by atoms with Gasteiger partial charge in [-0.2, -0.15) is 0 Å². The second kappa shape index (κ2) is 32.2. The number of nitrogens with zero attached hydrogens (tertiary/aromatic N) is 3. The molecule has 74 heavy (non-hydrogen) atoms. The fraction of sp³-hybridized carbons (Fsp3) is 0.528. The fourth-order valence-corrected chi connectivity index (χ4v) is 8.66. The Morgan fingerprint density at radius 1 is 0.554 bits per heavy atom. The second-order valence-corrected chi connectivity index (χ2v) is 17.9. The molecule has 0 fully saturated rings. The monoisotopic (exact) mass is 1030 g/mol. The van der Waals surface area contributed by atoms with E-state index in [1.54, 1.807) is 12.1 Å². The molecular formula is C53H77N11O10. The summed E-state index contributed by atoms with van der Waals surface area (Å²) >= 11 is 0. The zero-order valence-corrected chi connectivity index (χ0v) is 44.2. The second-order valence-electron chi connectivity index (χ2n) is 17.9. The van der Waals surface area contributed by atoms with Gasteiger partial charge in [0.25, 0.3) is 11.8 Å². The third kappa shape index (κ3) is 20.1. The maximum atomic E-state index is 13.9. The smallest absolute Gasteiger partial charge is 0.319 e. The summed E-state index contributed by atoms with van der Waals surface area (Å²) in [6, 6.07) is 7.98. The van der Waals surface area contributed by atoms with E-state index in [9.17, 15) is 33.6 Å². The number of hydrogen-bond acceptors (Lipinski definition) is 13. The summed E-state index contributed by atoms with van der Waals surface area (Å²) in [6.07, 6.45) is 3.87. The number of Topliss-reactive ketones (excluding diaryl/α,β-unsaturated/α-hetero) is 3. The van der Waals surface area contributed by atoms with Crippen molar-refractivity contribution in [3.63, 3.8) is 0 Å². The highest BCUT2D eigenvalue weighted by atomic mass is 16.5. The first-order chi connectivity index (χ1) is 35.4. The molecule has 0 saturated carbocycles. The van der Waals surface area contributed by atoms with Crippen molar-refractivity contribution in [2.45, 2.75) is 131 Å². The molecule has 3 aromatic carbocycles. The van der Waals surface area contributed by atoms with E-state index in [0.29, 0.717) is 58.7 Å². The summed E-state index contributed by atoms with van der Waals surface area (Å²) in [6.45, 7) is 15.3. The third-order valence-corrected chi connectivity index (χ3v) is 12.5. The summed E-state index contributed by atoms with van der Waals surface area (Å²) in [5.41, 5.74) is 27.4. The number of anilines is 4. The van der Waals surface area contributed by atoms with Crippen LogP contribution in [-0.4, -0.2) is 99.5 Å². The van der Waals surface area contributed by atoms with Crippen molar-refractivity contribution in [2.24, 2.45) is 5.11 Å². The quantitative estimate of drug-likeness (QED) is 0.00953. The molecule has 10 N–H and O–H groups in total. The summed E-state index contributed by atoms with van der Waals surface area (Å²) in [5, 5.41) is 20.8. The van der Waals surface area contributed by atoms with Crippen molar-refractivity contribution < 1.29 is 47.8 Å². The average molecular weight is 1030 g/mol. The number of benzene rings is 3. The van der Waals surface area contributed by atoms with Gasteiger partial charge in [0.15, 0.2) is 0 Å². The van der Waals surface area contributed by atoms with Gasteiger partial charge >= 0.3 is 12.1 Å². The summed E-state index contributed by atoms with van der Waals surface area (Å²) < 4.78 is 16.2. The SMILES string of the molecule is CCc1c(CC)c(CNC(=O)Nc2cc(C(=O)NCCOCCOCCOCCN=[N+]=[N-])ccc2N)c(CC)c(CNC(=O)Nc2cc(C(=O)NC(CCC(C)=O)(CCC(C)=O)CCC(C)=O)ccc2N)c1CC. The molecule has 0 aliphatic carbocycles. The topological polar surface area (TPSA) is 320 Å². The van der Waals surface area contributed by atoms with E-state index in [2.05, 4.69) is 62.7 Å². The lowest BCUT2D eigenvalue weighted by atomic mass is 9.82. The van der Waals surface area contributed by atoms with Gasteiger partial charge in [-0.1, -0.05) is 32.8 Å². The number of carbonyl (C=O) groups excluding carboxylic acids is 7. The van der Waals surface area contributed by atoms with Gasteiger partial charge in [-0.3, -0.25) is 9.59 Å². The highest BCUT2D eigenvalue weighted by Gasteiger charge is 2.33. The minimum absolute atomic E-state index is 0.0890. The van der Waals surface area contributed by atoms with E-state index >= 15 is 0 Å². The standard InChI is InChI=1S/C53H77N11O10/c1-8-39-40(9-2)43(32-58-51(70)61-47-30-37(12-14-45(47)54)49(68)57-22-24-72-26-28-74-29-27-73-25-23-60-64-56)42(11-4)44(41(39)10-3)33-59-52(71)62-48-31-38(13-15-46(48)55)50(69)63-53(19-16-34(5)65,20-17-35(6)66)21-18-36(7)67/h12-15,30-31H,8-11,16-29,32-33,54-55H2,1-7H3,(H,57,68)(H,63,69)(H2,58,61,70)(H2,59,62,71). The van der Waals surface area contributed by atoms with E-state index in [1.165, 1.54) is 45.0 Å². The first-order valence-electron chi connectivity index (χ1n) is 25.3. The molecule has 0 bridgehead atoms. The summed E-state index contributed by atoms with van der Waals surface area (Å²) in [7, 11) is 0. The van der Waals surface area contributed by atoms with E-state index < -0.39 is 23.5 Å². The van der Waals surface area contributed by atoms with Crippen LogP contribution in [0.15, 0.2) is 41.5 Å². The molecule has 21 heteroatoms. The van der Waals surface area contributed by atoms with Gasteiger partial charge in [0.1, 0.15) is 17.3 Å². The normalized spacial score (nSPS) is 11.0. The van der Waals surface area contributed by atoms with Crippen LogP contribution in [0.3, 0.4) is 0 Å². The van der Waals surface area contributed by atoms with Gasteiger partial charge in [-0.25, -0.2) is 9.59 Å². The van der Waals surface area contributed by atoms with Crippen LogP contribution in [0.25, 0.3) is 10.4 Å². The van der Waals surface area contributed by atoms with Crippen LogP contribution in [0.1, 0.15) is 141 Å². The van der Waals surface area contributed by atoms with Gasteiger partial charge < -0.3 is 72.0 Å². The molecule has 0 spiro atoms. The van der Waals surface area contributed by atoms with Crippen LogP contribution in [-0.2, 0) is 67.4 Å².